The van der Waals surface area contributed by atoms with Gasteiger partial charge in [-0.15, -0.1) is 0 Å². The lowest BCUT2D eigenvalue weighted by Gasteiger charge is -2.12. The molecule has 336 valence electrons. The molecule has 1 unspecified atom stereocenters. The molecular weight excluding hydrogens is 893 g/mol. The van der Waals surface area contributed by atoms with Crippen molar-refractivity contribution in [3.05, 3.63) is 61.3 Å². The van der Waals surface area contributed by atoms with E-state index in [2.05, 4.69) is 35.6 Å². The van der Waals surface area contributed by atoms with Gasteiger partial charge in [-0.2, -0.15) is 0 Å². The number of rotatable bonds is 16. The van der Waals surface area contributed by atoms with E-state index in [9.17, 15) is 9.59 Å². The molecule has 6 N–H and O–H groups in total. The fourth-order valence-corrected chi connectivity index (χ4v) is 9.47. The number of oxazole rings is 2. The van der Waals surface area contributed by atoms with E-state index in [1.54, 1.807) is 12.5 Å². The molecule has 24 heteroatoms. The fraction of sp³-hybridized carbons (Fsp3) is 0.286. The summed E-state index contributed by atoms with van der Waals surface area (Å²) in [5, 5.41) is 7.13. The van der Waals surface area contributed by atoms with Crippen molar-refractivity contribution in [2.75, 3.05) is 31.6 Å². The van der Waals surface area contributed by atoms with Crippen LogP contribution in [0, 0.1) is 0 Å². The molecule has 2 aliphatic heterocycles. The molecule has 6 aromatic heterocycles. The number of anilines is 2. The summed E-state index contributed by atoms with van der Waals surface area (Å²) in [6.45, 7) is 2.90. The van der Waals surface area contributed by atoms with Gasteiger partial charge in [0.05, 0.1) is 23.0 Å². The first-order valence-electron chi connectivity index (χ1n) is 20.8. The zero-order chi connectivity index (χ0) is 44.9. The van der Waals surface area contributed by atoms with Crippen molar-refractivity contribution < 1.29 is 37.4 Å². The van der Waals surface area contributed by atoms with Crippen LogP contribution in [-0.2, 0) is 22.7 Å². The summed E-state index contributed by atoms with van der Waals surface area (Å²) in [4.78, 5) is 63.7. The topological polar surface area (TPSA) is 286 Å². The molecule has 1 fully saturated rings. The molecular formula is C42H38N14O8S2. The molecule has 1 atom stereocenters. The van der Waals surface area contributed by atoms with Crippen LogP contribution in [0.4, 0.5) is 11.6 Å². The van der Waals surface area contributed by atoms with Gasteiger partial charge >= 0.3 is 0 Å². The molecule has 8 heterocycles. The number of amides is 2. The quantitative estimate of drug-likeness (QED) is 0.0971. The van der Waals surface area contributed by atoms with E-state index in [1.165, 1.54) is 42.4 Å². The van der Waals surface area contributed by atoms with Crippen molar-refractivity contribution >= 4 is 69.3 Å². The number of hydrogen-bond acceptors (Lipinski definition) is 20. The standard InChI is InChI=1S/C42H38N14O8S2/c1-20(14-46-31(57)4-7-55-37-33(35(43)47-16-49-37)53-41(55)65-29-12-27-25(61-18-63-27)10-22(29)39-45-6-9-59-39)24-15-60-40(52-24)23-11-26-28(64-19-62-26)13-30(23)66-42-54-34-36(44)48-17-50-38(34)56(42)8-5-32(58)51-21-2-3-21/h6,9-13,15-17,20-21H,2-5,7-8,14,18-19H2,1H3,(H,46,57)(H,51,58)(H2,43,47,49)(H2,44,48,50). The maximum absolute atomic E-state index is 13.5. The molecule has 1 aliphatic carbocycles. The molecule has 8 aromatic rings. The highest BCUT2D eigenvalue weighted by atomic mass is 32.2. The number of carbonyl (C=O) groups excluding carboxylic acids is 2. The Labute approximate surface area is 381 Å². The number of aromatic nitrogens is 10. The zero-order valence-corrected chi connectivity index (χ0v) is 36.6. The molecule has 11 rings (SSSR count). The second-order valence-electron chi connectivity index (χ2n) is 15.5. The van der Waals surface area contributed by atoms with E-state index in [1.807, 2.05) is 40.3 Å². The fourth-order valence-electron chi connectivity index (χ4n) is 7.38. The maximum Gasteiger partial charge on any atom is 0.231 e. The first-order valence-corrected chi connectivity index (χ1v) is 22.4. The van der Waals surface area contributed by atoms with Crippen molar-refractivity contribution in [3.63, 3.8) is 0 Å². The van der Waals surface area contributed by atoms with Gasteiger partial charge in [0.1, 0.15) is 25.2 Å². The Morgan fingerprint density at radius 3 is 1.85 bits per heavy atom. The highest BCUT2D eigenvalue weighted by molar-refractivity contribution is 7.99. The highest BCUT2D eigenvalue weighted by Gasteiger charge is 2.28. The summed E-state index contributed by atoms with van der Waals surface area (Å²) < 4.78 is 38.2. The average molecular weight is 931 g/mol. The van der Waals surface area contributed by atoms with Crippen LogP contribution in [0.5, 0.6) is 23.0 Å². The van der Waals surface area contributed by atoms with Crippen LogP contribution in [0.15, 0.2) is 84.6 Å². The smallest absolute Gasteiger partial charge is 0.231 e. The number of ether oxygens (including phenoxy) is 4. The van der Waals surface area contributed by atoms with Gasteiger partial charge in [0, 0.05) is 54.2 Å². The minimum Gasteiger partial charge on any atom is -0.454 e. The van der Waals surface area contributed by atoms with E-state index in [-0.39, 0.29) is 74.9 Å². The Hall–Kier alpha value is -7.60. The maximum atomic E-state index is 13.5. The van der Waals surface area contributed by atoms with Crippen LogP contribution in [-0.4, -0.2) is 87.0 Å². The number of imidazole rings is 2. The third kappa shape index (κ3) is 8.08. The predicted octanol–water partition coefficient (Wildman–Crippen LogP) is 5.18. The van der Waals surface area contributed by atoms with Gasteiger partial charge in [0.2, 0.25) is 37.2 Å². The van der Waals surface area contributed by atoms with E-state index in [0.29, 0.717) is 95.7 Å². The minimum absolute atomic E-state index is 0.0491. The van der Waals surface area contributed by atoms with Gasteiger partial charge in [-0.25, -0.2) is 39.9 Å². The number of aryl methyl sites for hydroxylation is 2. The third-order valence-electron chi connectivity index (χ3n) is 11.0. The Balaban J connectivity index is 0.796. The Bertz CT molecular complexity index is 3170. The average Bonchev–Trinajstić information content (AvgIpc) is 4.02. The number of hydrogen-bond donors (Lipinski definition) is 4. The second-order valence-corrected chi connectivity index (χ2v) is 17.5. The second kappa shape index (κ2) is 17.1. The summed E-state index contributed by atoms with van der Waals surface area (Å²) in [7, 11) is 0. The number of carbonyl (C=O) groups is 2. The van der Waals surface area contributed by atoms with Gasteiger partial charge < -0.3 is 59.0 Å². The van der Waals surface area contributed by atoms with Crippen molar-refractivity contribution in [1.29, 1.82) is 0 Å². The Morgan fingerprint density at radius 2 is 1.29 bits per heavy atom. The number of fused-ring (bicyclic) bond motifs is 4. The van der Waals surface area contributed by atoms with Crippen molar-refractivity contribution in [1.82, 2.24) is 59.6 Å². The molecule has 0 saturated heterocycles. The number of nitrogens with one attached hydrogen (secondary N) is 2. The van der Waals surface area contributed by atoms with Crippen LogP contribution in [0.2, 0.25) is 0 Å². The molecule has 66 heavy (non-hydrogen) atoms. The van der Waals surface area contributed by atoms with E-state index in [4.69, 9.17) is 54.2 Å². The molecule has 22 nitrogen and oxygen atoms in total. The van der Waals surface area contributed by atoms with Crippen LogP contribution < -0.4 is 41.0 Å². The molecule has 0 spiro atoms. The highest BCUT2D eigenvalue weighted by Crippen LogP contribution is 2.46. The molecule has 2 aromatic carbocycles. The van der Waals surface area contributed by atoms with Crippen LogP contribution in [0.1, 0.15) is 44.2 Å². The minimum atomic E-state index is -0.239. The van der Waals surface area contributed by atoms with Gasteiger partial charge in [-0.3, -0.25) is 9.59 Å². The van der Waals surface area contributed by atoms with Crippen molar-refractivity contribution in [2.24, 2.45) is 0 Å². The van der Waals surface area contributed by atoms with Gasteiger partial charge in [-0.05, 0) is 37.1 Å². The van der Waals surface area contributed by atoms with E-state index in [0.717, 1.165) is 17.7 Å². The lowest BCUT2D eigenvalue weighted by atomic mass is 10.1. The number of nitrogen functional groups attached to an aromatic ring is 2. The number of nitrogens with zero attached hydrogens (tertiary/aromatic N) is 10. The largest absolute Gasteiger partial charge is 0.454 e. The van der Waals surface area contributed by atoms with Crippen molar-refractivity contribution in [3.8, 4) is 45.9 Å². The molecule has 1 saturated carbocycles. The van der Waals surface area contributed by atoms with Gasteiger partial charge in [0.15, 0.2) is 67.3 Å². The molecule has 3 aliphatic rings. The number of benzene rings is 2. The van der Waals surface area contributed by atoms with Gasteiger partial charge in [-0.1, -0.05) is 30.4 Å². The third-order valence-corrected chi connectivity index (χ3v) is 13.1. The normalized spacial score (nSPS) is 14.3. The Morgan fingerprint density at radius 1 is 0.727 bits per heavy atom. The van der Waals surface area contributed by atoms with E-state index >= 15 is 0 Å². The monoisotopic (exact) mass is 930 g/mol. The molecule has 2 amide bonds. The summed E-state index contributed by atoms with van der Waals surface area (Å²) in [6.07, 6.45) is 9.67. The van der Waals surface area contributed by atoms with E-state index < -0.39 is 0 Å². The summed E-state index contributed by atoms with van der Waals surface area (Å²) in [6, 6.07) is 7.54. The molecule has 0 radical (unpaired) electrons. The van der Waals surface area contributed by atoms with Crippen molar-refractivity contribution in [2.45, 2.75) is 77.8 Å². The predicted molar refractivity (Wildman–Crippen MR) is 236 cm³/mol. The zero-order valence-electron chi connectivity index (χ0n) is 34.9. The van der Waals surface area contributed by atoms with Crippen LogP contribution >= 0.6 is 23.5 Å². The molecule has 0 bridgehead atoms. The first-order chi connectivity index (χ1) is 32.2. The summed E-state index contributed by atoms with van der Waals surface area (Å²) in [5.74, 6) is 2.86. The SMILES string of the molecule is CC(CNC(=O)CCn1c(Sc2cc3c(cc2-c2ncco2)OCO3)nc2c(N)ncnc21)c1coc(-c2cc3c(cc2Sc2nc4c(N)ncnc4n2CCC(=O)NC2CC2)OCO3)n1. The summed E-state index contributed by atoms with van der Waals surface area (Å²) in [5.41, 5.74) is 16.2. The van der Waals surface area contributed by atoms with Crippen LogP contribution in [0.25, 0.3) is 45.2 Å². The lowest BCUT2D eigenvalue weighted by Crippen LogP contribution is -2.28. The summed E-state index contributed by atoms with van der Waals surface area (Å²) >= 11 is 2.64. The van der Waals surface area contributed by atoms with Crippen LogP contribution in [0.3, 0.4) is 0 Å². The van der Waals surface area contributed by atoms with Gasteiger partial charge in [0.25, 0.3) is 0 Å². The first kappa shape index (κ1) is 41.1. The Kier molecular flexibility index (Phi) is 10.6. The number of nitrogens with two attached hydrogens (primary N) is 2. The lowest BCUT2D eigenvalue weighted by molar-refractivity contribution is -0.122.